The van der Waals surface area contributed by atoms with Gasteiger partial charge >= 0.3 is 6.18 Å². The van der Waals surface area contributed by atoms with Crippen LogP contribution in [0.2, 0.25) is 0 Å². The third kappa shape index (κ3) is 5.88. The lowest BCUT2D eigenvalue weighted by Gasteiger charge is -2.10. The zero-order valence-electron chi connectivity index (χ0n) is 11.4. The van der Waals surface area contributed by atoms with Gasteiger partial charge in [0, 0.05) is 20.3 Å². The second-order valence-corrected chi connectivity index (χ2v) is 4.54. The molecule has 1 aromatic carbocycles. The summed E-state index contributed by atoms with van der Waals surface area (Å²) in [7, 11) is 1.64. The summed E-state index contributed by atoms with van der Waals surface area (Å²) < 4.78 is 55.5. The first-order valence-electron chi connectivity index (χ1n) is 6.50. The summed E-state index contributed by atoms with van der Waals surface area (Å²) in [5.74, 6) is -1.24. The van der Waals surface area contributed by atoms with E-state index in [2.05, 4.69) is 5.32 Å². The number of alkyl halides is 3. The Morgan fingerprint density at radius 1 is 1.15 bits per heavy atom. The van der Waals surface area contributed by atoms with Crippen LogP contribution in [-0.4, -0.2) is 20.3 Å². The second kappa shape index (κ2) is 8.21. The molecule has 0 aliphatic carbocycles. The fourth-order valence-electron chi connectivity index (χ4n) is 1.81. The number of benzene rings is 1. The van der Waals surface area contributed by atoms with E-state index in [4.69, 9.17) is 4.74 Å². The van der Waals surface area contributed by atoms with Crippen molar-refractivity contribution in [2.45, 2.75) is 32.0 Å². The van der Waals surface area contributed by atoms with E-state index in [-0.39, 0.29) is 0 Å². The minimum atomic E-state index is -4.65. The average Bonchev–Trinajstić information content (AvgIpc) is 2.38. The molecule has 0 heterocycles. The molecular formula is C14H19F4NO. The van der Waals surface area contributed by atoms with Crippen molar-refractivity contribution in [3.05, 3.63) is 35.1 Å². The molecule has 114 valence electrons. The first-order chi connectivity index (χ1) is 9.45. The van der Waals surface area contributed by atoms with Crippen molar-refractivity contribution in [3.8, 4) is 0 Å². The molecule has 20 heavy (non-hydrogen) atoms. The molecule has 0 atom stereocenters. The van der Waals surface area contributed by atoms with Gasteiger partial charge in [-0.15, -0.1) is 0 Å². The number of nitrogens with one attached hydrogen (secondary N) is 1. The monoisotopic (exact) mass is 293 g/mol. The van der Waals surface area contributed by atoms with Crippen molar-refractivity contribution < 1.29 is 22.3 Å². The summed E-state index contributed by atoms with van der Waals surface area (Å²) in [6, 6.07) is 3.08. The van der Waals surface area contributed by atoms with Gasteiger partial charge in [-0.05, 0) is 43.5 Å². The quantitative estimate of drug-likeness (QED) is 0.582. The Morgan fingerprint density at radius 2 is 1.90 bits per heavy atom. The van der Waals surface area contributed by atoms with Crippen molar-refractivity contribution in [2.75, 3.05) is 20.3 Å². The molecule has 0 spiro atoms. The van der Waals surface area contributed by atoms with Crippen LogP contribution in [-0.2, 0) is 17.5 Å². The topological polar surface area (TPSA) is 21.3 Å². The molecule has 0 aromatic heterocycles. The molecule has 2 nitrogen and oxygen atoms in total. The van der Waals surface area contributed by atoms with E-state index in [1.807, 2.05) is 0 Å². The number of halogens is 4. The van der Waals surface area contributed by atoms with Crippen molar-refractivity contribution in [3.63, 3.8) is 0 Å². The Labute approximate surface area is 116 Å². The summed E-state index contributed by atoms with van der Waals surface area (Å²) in [5, 5.41) is 3.05. The van der Waals surface area contributed by atoms with Crippen molar-refractivity contribution in [1.82, 2.24) is 5.32 Å². The van der Waals surface area contributed by atoms with Crippen LogP contribution in [0.15, 0.2) is 18.2 Å². The van der Waals surface area contributed by atoms with Crippen molar-refractivity contribution in [1.29, 1.82) is 0 Å². The number of hydrogen-bond acceptors (Lipinski definition) is 2. The third-order valence-electron chi connectivity index (χ3n) is 2.87. The molecule has 0 unspecified atom stereocenters. The molecule has 0 saturated carbocycles. The maximum atomic E-state index is 13.1. The van der Waals surface area contributed by atoms with Gasteiger partial charge in [0.15, 0.2) is 0 Å². The molecular weight excluding hydrogens is 274 g/mol. The van der Waals surface area contributed by atoms with Gasteiger partial charge in [-0.3, -0.25) is 0 Å². The molecule has 0 amide bonds. The van der Waals surface area contributed by atoms with Gasteiger partial charge in [0.2, 0.25) is 0 Å². The molecule has 6 heteroatoms. The molecule has 0 radical (unpaired) electrons. The highest BCUT2D eigenvalue weighted by Gasteiger charge is 2.34. The van der Waals surface area contributed by atoms with Crippen LogP contribution in [0.1, 0.15) is 30.4 Å². The number of rotatable bonds is 8. The smallest absolute Gasteiger partial charge is 0.385 e. The van der Waals surface area contributed by atoms with Gasteiger partial charge in [-0.25, -0.2) is 4.39 Å². The maximum absolute atomic E-state index is 13.1. The lowest BCUT2D eigenvalue weighted by molar-refractivity contribution is -0.140. The molecule has 0 fully saturated rings. The van der Waals surface area contributed by atoms with Crippen molar-refractivity contribution >= 4 is 0 Å². The third-order valence-corrected chi connectivity index (χ3v) is 2.87. The number of hydrogen-bond donors (Lipinski definition) is 1. The zero-order valence-corrected chi connectivity index (χ0v) is 11.4. The first kappa shape index (κ1) is 16.9. The highest BCUT2D eigenvalue weighted by molar-refractivity contribution is 5.27. The van der Waals surface area contributed by atoms with Crippen LogP contribution in [0.4, 0.5) is 17.6 Å². The van der Waals surface area contributed by atoms with Crippen LogP contribution in [0, 0.1) is 5.82 Å². The predicted octanol–water partition coefficient (Wildman–Crippen LogP) is 3.75. The van der Waals surface area contributed by atoms with Gasteiger partial charge in [0.05, 0.1) is 5.56 Å². The van der Waals surface area contributed by atoms with E-state index in [0.29, 0.717) is 25.3 Å². The van der Waals surface area contributed by atoms with Crippen LogP contribution in [0.3, 0.4) is 0 Å². The van der Waals surface area contributed by atoms with Gasteiger partial charge in [-0.1, -0.05) is 6.07 Å². The Hall–Kier alpha value is -1.14. The first-order valence-corrected chi connectivity index (χ1v) is 6.50. The molecule has 1 aromatic rings. The van der Waals surface area contributed by atoms with E-state index in [1.165, 1.54) is 6.07 Å². The van der Waals surface area contributed by atoms with E-state index >= 15 is 0 Å². The number of unbranched alkanes of at least 4 members (excludes halogenated alkanes) is 2. The maximum Gasteiger partial charge on any atom is 0.419 e. The minimum Gasteiger partial charge on any atom is -0.385 e. The number of ether oxygens (including phenoxy) is 1. The minimum absolute atomic E-state index is 0.299. The van der Waals surface area contributed by atoms with Crippen LogP contribution >= 0.6 is 0 Å². The van der Waals surface area contributed by atoms with E-state index in [1.54, 1.807) is 7.11 Å². The Kier molecular flexibility index (Phi) is 6.95. The van der Waals surface area contributed by atoms with E-state index in [0.717, 1.165) is 31.4 Å². The molecule has 0 aliphatic heterocycles. The van der Waals surface area contributed by atoms with E-state index in [9.17, 15) is 17.6 Å². The van der Waals surface area contributed by atoms with Crippen LogP contribution in [0.25, 0.3) is 0 Å². The average molecular weight is 293 g/mol. The Morgan fingerprint density at radius 3 is 2.55 bits per heavy atom. The Bertz CT molecular complexity index is 407. The molecule has 0 aliphatic rings. The fraction of sp³-hybridized carbons (Fsp3) is 0.571. The van der Waals surface area contributed by atoms with Crippen LogP contribution < -0.4 is 5.32 Å². The van der Waals surface area contributed by atoms with Gasteiger partial charge in [0.25, 0.3) is 0 Å². The fourth-order valence-corrected chi connectivity index (χ4v) is 1.81. The van der Waals surface area contributed by atoms with Gasteiger partial charge < -0.3 is 10.1 Å². The van der Waals surface area contributed by atoms with Gasteiger partial charge in [0.1, 0.15) is 5.82 Å². The highest BCUT2D eigenvalue weighted by atomic mass is 19.4. The highest BCUT2D eigenvalue weighted by Crippen LogP contribution is 2.31. The van der Waals surface area contributed by atoms with E-state index < -0.39 is 17.6 Å². The van der Waals surface area contributed by atoms with Gasteiger partial charge in [-0.2, -0.15) is 13.2 Å². The summed E-state index contributed by atoms with van der Waals surface area (Å²) >= 11 is 0. The molecule has 1 N–H and O–H groups in total. The zero-order chi connectivity index (χ0) is 15.0. The SMILES string of the molecule is COCCCCCNCc1ccc(F)c(C(F)(F)F)c1. The standard InChI is InChI=1S/C14H19F4NO/c1-20-8-4-2-3-7-19-10-11-5-6-13(15)12(9-11)14(16,17)18/h5-6,9,19H,2-4,7-8,10H2,1H3. The second-order valence-electron chi connectivity index (χ2n) is 4.54. The largest absolute Gasteiger partial charge is 0.419 e. The molecule has 0 saturated heterocycles. The number of methoxy groups -OCH3 is 1. The normalized spacial score (nSPS) is 11.8. The molecule has 1 rings (SSSR count). The lowest BCUT2D eigenvalue weighted by Crippen LogP contribution is -2.16. The summed E-state index contributed by atoms with van der Waals surface area (Å²) in [4.78, 5) is 0. The molecule has 0 bridgehead atoms. The summed E-state index contributed by atoms with van der Waals surface area (Å²) in [6.45, 7) is 1.73. The Balaban J connectivity index is 2.38. The lowest BCUT2D eigenvalue weighted by atomic mass is 10.1. The van der Waals surface area contributed by atoms with Crippen molar-refractivity contribution in [2.24, 2.45) is 0 Å². The summed E-state index contributed by atoms with van der Waals surface area (Å²) in [6.07, 6.45) is -1.76. The predicted molar refractivity (Wildman–Crippen MR) is 68.8 cm³/mol. The van der Waals surface area contributed by atoms with Crippen LogP contribution in [0.5, 0.6) is 0 Å². The summed E-state index contributed by atoms with van der Waals surface area (Å²) in [5.41, 5.74) is -0.785.